The number of hydrogen-bond donors (Lipinski definition) is 1. The van der Waals surface area contributed by atoms with Gasteiger partial charge in [-0.05, 0) is 38.8 Å². The van der Waals surface area contributed by atoms with E-state index in [1.54, 1.807) is 4.90 Å². The number of carboxylic acids is 1. The molecule has 3 aromatic rings. The number of aromatic carboxylic acids is 1. The normalized spacial score (nSPS) is 16.8. The summed E-state index contributed by atoms with van der Waals surface area (Å²) in [6.07, 6.45) is 4.04. The van der Waals surface area contributed by atoms with Crippen molar-refractivity contribution < 1.29 is 14.7 Å². The van der Waals surface area contributed by atoms with E-state index in [0.717, 1.165) is 35.9 Å². The number of para-hydroxylation sites is 2. The number of carbonyl (C=O) groups excluding carboxylic acids is 1. The molecule has 4 rings (SSSR count). The van der Waals surface area contributed by atoms with Crippen molar-refractivity contribution in [2.45, 2.75) is 38.8 Å². The maximum absolute atomic E-state index is 13.0. The third kappa shape index (κ3) is 3.00. The molecule has 0 saturated carbocycles. The molecule has 2 aromatic heterocycles. The van der Waals surface area contributed by atoms with E-state index in [4.69, 9.17) is 10.1 Å². The number of amides is 1. The van der Waals surface area contributed by atoms with E-state index in [-0.39, 0.29) is 29.4 Å². The van der Waals surface area contributed by atoms with Crippen LogP contribution in [0, 0.1) is 0 Å². The smallest absolute Gasteiger partial charge is 0.356 e. The predicted molar refractivity (Wildman–Crippen MR) is 102 cm³/mol. The van der Waals surface area contributed by atoms with E-state index in [1.807, 2.05) is 24.3 Å². The van der Waals surface area contributed by atoms with E-state index in [0.29, 0.717) is 6.54 Å². The first-order valence-corrected chi connectivity index (χ1v) is 9.30. The summed E-state index contributed by atoms with van der Waals surface area (Å²) in [5, 5.41) is 8.96. The van der Waals surface area contributed by atoms with Crippen LogP contribution < -0.4 is 0 Å². The van der Waals surface area contributed by atoms with Crippen LogP contribution in [0.1, 0.15) is 65.6 Å². The second-order valence-corrected chi connectivity index (χ2v) is 7.17. The first-order valence-electron chi connectivity index (χ1n) is 9.30. The highest BCUT2D eigenvalue weighted by molar-refractivity contribution is 5.93. The average Bonchev–Trinajstić information content (AvgIpc) is 3.31. The summed E-state index contributed by atoms with van der Waals surface area (Å²) in [7, 11) is 0. The predicted octanol–water partition coefficient (Wildman–Crippen LogP) is 3.08. The summed E-state index contributed by atoms with van der Waals surface area (Å²) < 4.78 is 2.19. The van der Waals surface area contributed by atoms with Crippen LogP contribution >= 0.6 is 0 Å². The molecule has 0 aliphatic carbocycles. The monoisotopic (exact) mass is 379 g/mol. The molecule has 1 aromatic carbocycles. The van der Waals surface area contributed by atoms with Crippen LogP contribution in [0.5, 0.6) is 0 Å². The number of rotatable bonds is 4. The second kappa shape index (κ2) is 7.03. The summed E-state index contributed by atoms with van der Waals surface area (Å²) in [5.74, 6) is -0.553. The number of carbonyl (C=O) groups is 2. The Morgan fingerprint density at radius 2 is 1.86 bits per heavy atom. The Bertz CT molecular complexity index is 1040. The lowest BCUT2D eigenvalue weighted by atomic mass is 10.2. The second-order valence-electron chi connectivity index (χ2n) is 7.17. The molecular weight excluding hydrogens is 358 g/mol. The zero-order chi connectivity index (χ0) is 19.8. The van der Waals surface area contributed by atoms with E-state index >= 15 is 0 Å². The molecule has 1 amide bonds. The number of aromatic nitrogens is 4. The van der Waals surface area contributed by atoms with E-state index in [2.05, 4.69) is 28.4 Å². The molecule has 1 unspecified atom stereocenters. The first kappa shape index (κ1) is 18.1. The lowest BCUT2D eigenvalue weighted by Gasteiger charge is -2.26. The number of nitrogens with zero attached hydrogens (tertiary/aromatic N) is 5. The van der Waals surface area contributed by atoms with E-state index in [9.17, 15) is 9.59 Å². The van der Waals surface area contributed by atoms with Gasteiger partial charge in [0.1, 0.15) is 11.5 Å². The lowest BCUT2D eigenvalue weighted by Crippen LogP contribution is -2.33. The number of likely N-dealkylation sites (tertiary alicyclic amines) is 1. The zero-order valence-electron chi connectivity index (χ0n) is 15.7. The summed E-state index contributed by atoms with van der Waals surface area (Å²) in [6.45, 7) is 4.82. The van der Waals surface area contributed by atoms with Gasteiger partial charge in [-0.25, -0.2) is 19.7 Å². The van der Waals surface area contributed by atoms with Gasteiger partial charge in [0, 0.05) is 12.6 Å². The molecule has 1 aliphatic heterocycles. The highest BCUT2D eigenvalue weighted by Gasteiger charge is 2.35. The van der Waals surface area contributed by atoms with Crippen LogP contribution in [0.2, 0.25) is 0 Å². The molecule has 3 heterocycles. The maximum Gasteiger partial charge on any atom is 0.356 e. The van der Waals surface area contributed by atoms with Crippen molar-refractivity contribution in [2.75, 3.05) is 6.54 Å². The number of hydrogen-bond acceptors (Lipinski definition) is 5. The molecule has 8 nitrogen and oxygen atoms in total. The van der Waals surface area contributed by atoms with Crippen LogP contribution in [0.15, 0.2) is 36.7 Å². The van der Waals surface area contributed by atoms with Gasteiger partial charge in [0.25, 0.3) is 5.91 Å². The Kier molecular flexibility index (Phi) is 4.54. The zero-order valence-corrected chi connectivity index (χ0v) is 15.7. The minimum absolute atomic E-state index is 0.143. The van der Waals surface area contributed by atoms with Gasteiger partial charge in [-0.3, -0.25) is 4.79 Å². The Morgan fingerprint density at radius 3 is 2.54 bits per heavy atom. The molecule has 1 fully saturated rings. The van der Waals surface area contributed by atoms with Crippen molar-refractivity contribution in [3.05, 3.63) is 53.9 Å². The van der Waals surface area contributed by atoms with Gasteiger partial charge in [0.2, 0.25) is 0 Å². The fourth-order valence-electron chi connectivity index (χ4n) is 3.82. The summed E-state index contributed by atoms with van der Waals surface area (Å²) >= 11 is 0. The molecule has 0 spiro atoms. The third-order valence-corrected chi connectivity index (χ3v) is 5.04. The molecule has 0 bridgehead atoms. The van der Waals surface area contributed by atoms with Gasteiger partial charge in [-0.2, -0.15) is 0 Å². The van der Waals surface area contributed by atoms with Crippen molar-refractivity contribution in [1.82, 2.24) is 24.4 Å². The van der Waals surface area contributed by atoms with Crippen molar-refractivity contribution in [1.29, 1.82) is 0 Å². The molecule has 1 aliphatic rings. The lowest BCUT2D eigenvalue weighted by molar-refractivity contribution is 0.0682. The van der Waals surface area contributed by atoms with Crippen LogP contribution in [0.4, 0.5) is 0 Å². The van der Waals surface area contributed by atoms with Gasteiger partial charge < -0.3 is 14.6 Å². The summed E-state index contributed by atoms with van der Waals surface area (Å²) in [6, 6.07) is 8.03. The topological polar surface area (TPSA) is 101 Å². The number of benzene rings is 1. The molecule has 28 heavy (non-hydrogen) atoms. The third-order valence-electron chi connectivity index (χ3n) is 5.04. The minimum Gasteiger partial charge on any atom is -0.476 e. The van der Waals surface area contributed by atoms with Crippen molar-refractivity contribution in [3.63, 3.8) is 0 Å². The van der Waals surface area contributed by atoms with Gasteiger partial charge in [-0.1, -0.05) is 12.1 Å². The first-order chi connectivity index (χ1) is 13.5. The molecular formula is C20H21N5O3. The quantitative estimate of drug-likeness (QED) is 0.747. The molecule has 8 heteroatoms. The van der Waals surface area contributed by atoms with Crippen LogP contribution in [0.25, 0.3) is 11.0 Å². The SMILES string of the molecule is CC(C)n1c(C2CCCN2C(=O)c2cnc(C(=O)O)cn2)nc2ccccc21. The molecule has 0 radical (unpaired) electrons. The minimum atomic E-state index is -1.17. The Labute approximate surface area is 161 Å². The van der Waals surface area contributed by atoms with Crippen molar-refractivity contribution in [2.24, 2.45) is 0 Å². The average molecular weight is 379 g/mol. The highest BCUT2D eigenvalue weighted by atomic mass is 16.4. The summed E-state index contributed by atoms with van der Waals surface area (Å²) in [4.78, 5) is 38.4. The van der Waals surface area contributed by atoms with Crippen molar-refractivity contribution in [3.8, 4) is 0 Å². The fraction of sp³-hybridized carbons (Fsp3) is 0.350. The number of imidazole rings is 1. The van der Waals surface area contributed by atoms with Crippen molar-refractivity contribution >= 4 is 22.9 Å². The molecule has 1 saturated heterocycles. The molecule has 1 atom stereocenters. The van der Waals surface area contributed by atoms with Gasteiger partial charge >= 0.3 is 5.97 Å². The fourth-order valence-corrected chi connectivity index (χ4v) is 3.82. The Hall–Kier alpha value is -3.29. The highest BCUT2D eigenvalue weighted by Crippen LogP contribution is 2.35. The Morgan fingerprint density at radius 1 is 1.14 bits per heavy atom. The van der Waals surface area contributed by atoms with E-state index < -0.39 is 5.97 Å². The maximum atomic E-state index is 13.0. The molecule has 144 valence electrons. The van der Waals surface area contributed by atoms with Crippen LogP contribution in [-0.2, 0) is 0 Å². The largest absolute Gasteiger partial charge is 0.476 e. The molecule has 1 N–H and O–H groups in total. The summed E-state index contributed by atoms with van der Waals surface area (Å²) in [5.41, 5.74) is 1.92. The van der Waals surface area contributed by atoms with E-state index in [1.165, 1.54) is 6.20 Å². The van der Waals surface area contributed by atoms with Gasteiger partial charge in [-0.15, -0.1) is 0 Å². The van der Waals surface area contributed by atoms with Crippen LogP contribution in [0.3, 0.4) is 0 Å². The van der Waals surface area contributed by atoms with Gasteiger partial charge in [0.05, 0.1) is 29.5 Å². The van der Waals surface area contributed by atoms with Gasteiger partial charge in [0.15, 0.2) is 5.69 Å². The number of fused-ring (bicyclic) bond motifs is 1. The number of carboxylic acid groups (broad SMARTS) is 1. The Balaban J connectivity index is 1.71. The van der Waals surface area contributed by atoms with Crippen LogP contribution in [-0.4, -0.2) is 47.9 Å². The standard InChI is InChI=1S/C20H21N5O3/c1-12(2)25-16-7-4-3-6-13(16)23-18(25)17-8-5-9-24(17)19(26)14-10-22-15(11-21-14)20(27)28/h3-4,6-7,10-12,17H,5,8-9H2,1-2H3,(H,27,28).